The number of carbonyl (C=O) groups excluding carboxylic acids is 1. The van der Waals surface area contributed by atoms with Crippen LogP contribution in [0.25, 0.3) is 0 Å². The molecular formula is C13H14O3. The zero-order valence-electron chi connectivity index (χ0n) is 9.36. The summed E-state index contributed by atoms with van der Waals surface area (Å²) in [6.07, 6.45) is -1.14. The van der Waals surface area contributed by atoms with E-state index < -0.39 is 12.2 Å². The topological polar surface area (TPSA) is 46.5 Å². The van der Waals surface area contributed by atoms with Crippen molar-refractivity contribution in [2.45, 2.75) is 26.1 Å². The first kappa shape index (κ1) is 10.9. The minimum atomic E-state index is -0.730. The van der Waals surface area contributed by atoms with E-state index in [1.807, 2.05) is 6.92 Å². The molecule has 0 saturated carbocycles. The predicted octanol–water partition coefficient (Wildman–Crippen LogP) is 2.26. The van der Waals surface area contributed by atoms with Crippen LogP contribution in [0.1, 0.15) is 35.9 Å². The molecule has 0 spiro atoms. The zero-order valence-corrected chi connectivity index (χ0v) is 9.36. The molecule has 84 valence electrons. The molecule has 1 aromatic rings. The van der Waals surface area contributed by atoms with Crippen LogP contribution in [0.3, 0.4) is 0 Å². The maximum Gasteiger partial charge on any atom is 0.159 e. The Hall–Kier alpha value is -1.61. The van der Waals surface area contributed by atoms with E-state index in [1.165, 1.54) is 6.92 Å². The zero-order chi connectivity index (χ0) is 11.9. The molecule has 0 aromatic heterocycles. The summed E-state index contributed by atoms with van der Waals surface area (Å²) in [4.78, 5) is 11.2. The Balaban J connectivity index is 2.41. The van der Waals surface area contributed by atoms with Crippen LogP contribution in [0.15, 0.2) is 30.4 Å². The molecule has 2 unspecified atom stereocenters. The third kappa shape index (κ3) is 1.63. The van der Waals surface area contributed by atoms with Crippen molar-refractivity contribution in [2.75, 3.05) is 0 Å². The van der Waals surface area contributed by atoms with Crippen LogP contribution < -0.4 is 4.74 Å². The average Bonchev–Trinajstić information content (AvgIpc) is 2.56. The van der Waals surface area contributed by atoms with Gasteiger partial charge in [0.25, 0.3) is 0 Å². The minimum Gasteiger partial charge on any atom is -0.483 e. The molecule has 0 fully saturated rings. The lowest BCUT2D eigenvalue weighted by Crippen LogP contribution is -2.19. The van der Waals surface area contributed by atoms with E-state index in [9.17, 15) is 9.90 Å². The first-order valence-electron chi connectivity index (χ1n) is 5.15. The van der Waals surface area contributed by atoms with E-state index in [1.54, 1.807) is 18.2 Å². The minimum absolute atomic E-state index is 0.0197. The second-order valence-electron chi connectivity index (χ2n) is 4.14. The number of aliphatic hydroxyl groups excluding tert-OH is 1. The first-order chi connectivity index (χ1) is 7.50. The van der Waals surface area contributed by atoms with Gasteiger partial charge in [-0.1, -0.05) is 6.58 Å². The van der Waals surface area contributed by atoms with Crippen molar-refractivity contribution in [1.29, 1.82) is 0 Å². The van der Waals surface area contributed by atoms with Gasteiger partial charge in [0.2, 0.25) is 0 Å². The van der Waals surface area contributed by atoms with Gasteiger partial charge in [0, 0.05) is 11.1 Å². The molecule has 1 aliphatic heterocycles. The first-order valence-corrected chi connectivity index (χ1v) is 5.15. The third-order valence-corrected chi connectivity index (χ3v) is 2.76. The Kier molecular flexibility index (Phi) is 2.56. The smallest absolute Gasteiger partial charge is 0.159 e. The second-order valence-corrected chi connectivity index (χ2v) is 4.14. The van der Waals surface area contributed by atoms with Crippen LogP contribution >= 0.6 is 0 Å². The van der Waals surface area contributed by atoms with Gasteiger partial charge in [-0.25, -0.2) is 0 Å². The summed E-state index contributed by atoms with van der Waals surface area (Å²) >= 11 is 0. The maximum absolute atomic E-state index is 11.2. The highest BCUT2D eigenvalue weighted by atomic mass is 16.5. The van der Waals surface area contributed by atoms with E-state index in [4.69, 9.17) is 4.74 Å². The van der Waals surface area contributed by atoms with Gasteiger partial charge < -0.3 is 9.84 Å². The largest absolute Gasteiger partial charge is 0.483 e. The van der Waals surface area contributed by atoms with E-state index in [0.29, 0.717) is 16.9 Å². The molecular weight excluding hydrogens is 204 g/mol. The lowest BCUT2D eigenvalue weighted by atomic mass is 10.00. The molecule has 1 N–H and O–H groups in total. The number of ether oxygens (including phenoxy) is 1. The fourth-order valence-electron chi connectivity index (χ4n) is 1.84. The van der Waals surface area contributed by atoms with Gasteiger partial charge >= 0.3 is 0 Å². The number of ketones is 1. The van der Waals surface area contributed by atoms with Gasteiger partial charge in [-0.3, -0.25) is 4.79 Å². The number of rotatable bonds is 2. The molecule has 2 atom stereocenters. The van der Waals surface area contributed by atoms with Gasteiger partial charge in [0.1, 0.15) is 18.0 Å². The molecule has 3 nitrogen and oxygen atoms in total. The van der Waals surface area contributed by atoms with E-state index >= 15 is 0 Å². The normalized spacial score (nSPS) is 22.4. The highest BCUT2D eigenvalue weighted by molar-refractivity contribution is 5.94. The van der Waals surface area contributed by atoms with Crippen molar-refractivity contribution >= 4 is 5.78 Å². The molecule has 3 heteroatoms. The molecule has 0 amide bonds. The second kappa shape index (κ2) is 3.76. The van der Waals surface area contributed by atoms with Crippen LogP contribution in [0, 0.1) is 0 Å². The van der Waals surface area contributed by atoms with Crippen LogP contribution in [-0.2, 0) is 0 Å². The summed E-state index contributed by atoms with van der Waals surface area (Å²) < 4.78 is 5.55. The van der Waals surface area contributed by atoms with Gasteiger partial charge in [-0.05, 0) is 37.6 Å². The molecule has 0 aliphatic carbocycles. The van der Waals surface area contributed by atoms with E-state index in [0.717, 1.165) is 5.57 Å². The van der Waals surface area contributed by atoms with Gasteiger partial charge in [0.15, 0.2) is 5.78 Å². The lowest BCUT2D eigenvalue weighted by Gasteiger charge is -2.13. The number of Topliss-reactive ketones (excluding diaryl/α,β-unsaturated/α-hetero) is 1. The lowest BCUT2D eigenvalue weighted by molar-refractivity contribution is 0.0900. The molecule has 16 heavy (non-hydrogen) atoms. The van der Waals surface area contributed by atoms with Crippen LogP contribution in [0.4, 0.5) is 0 Å². The van der Waals surface area contributed by atoms with Gasteiger partial charge in [0.05, 0.1) is 0 Å². The number of carbonyl (C=O) groups is 1. The maximum atomic E-state index is 11.2. The summed E-state index contributed by atoms with van der Waals surface area (Å²) in [5.41, 5.74) is 2.03. The summed E-state index contributed by atoms with van der Waals surface area (Å²) in [6.45, 7) is 7.09. The molecule has 1 aliphatic rings. The van der Waals surface area contributed by atoms with Crippen molar-refractivity contribution in [3.05, 3.63) is 41.5 Å². The van der Waals surface area contributed by atoms with Crippen LogP contribution in [0.5, 0.6) is 5.75 Å². The van der Waals surface area contributed by atoms with Crippen molar-refractivity contribution in [3.63, 3.8) is 0 Å². The number of hydrogen-bond donors (Lipinski definition) is 1. The number of benzene rings is 1. The molecule has 0 saturated heterocycles. The molecule has 2 rings (SSSR count). The quantitative estimate of drug-likeness (QED) is 0.611. The van der Waals surface area contributed by atoms with Gasteiger partial charge in [-0.2, -0.15) is 0 Å². The SMILES string of the molecule is C=C(C)C1Oc2ccc(C(C)=O)cc2C1O. The fraction of sp³-hybridized carbons (Fsp3) is 0.308. The number of hydrogen-bond acceptors (Lipinski definition) is 3. The highest BCUT2D eigenvalue weighted by Crippen LogP contribution is 2.39. The van der Waals surface area contributed by atoms with Gasteiger partial charge in [-0.15, -0.1) is 0 Å². The van der Waals surface area contributed by atoms with Crippen molar-refractivity contribution < 1.29 is 14.6 Å². The predicted molar refractivity (Wildman–Crippen MR) is 60.6 cm³/mol. The summed E-state index contributed by atoms with van der Waals surface area (Å²) in [5.74, 6) is 0.610. The van der Waals surface area contributed by atoms with Crippen molar-refractivity contribution in [3.8, 4) is 5.75 Å². The molecule has 1 aromatic carbocycles. The highest BCUT2D eigenvalue weighted by Gasteiger charge is 2.33. The number of aliphatic hydroxyl groups is 1. The fourth-order valence-corrected chi connectivity index (χ4v) is 1.84. The Labute approximate surface area is 94.4 Å². The molecule has 1 heterocycles. The van der Waals surface area contributed by atoms with Crippen LogP contribution in [0.2, 0.25) is 0 Å². The molecule has 0 radical (unpaired) electrons. The summed E-state index contributed by atoms with van der Waals surface area (Å²) in [6, 6.07) is 5.11. The Morgan fingerprint density at radius 2 is 2.12 bits per heavy atom. The van der Waals surface area contributed by atoms with E-state index in [2.05, 4.69) is 6.58 Å². The Morgan fingerprint density at radius 1 is 1.44 bits per heavy atom. The third-order valence-electron chi connectivity index (χ3n) is 2.76. The van der Waals surface area contributed by atoms with Crippen molar-refractivity contribution in [2.24, 2.45) is 0 Å². The summed E-state index contributed by atoms with van der Waals surface area (Å²) in [5, 5.41) is 10.0. The van der Waals surface area contributed by atoms with E-state index in [-0.39, 0.29) is 5.78 Å². The summed E-state index contributed by atoms with van der Waals surface area (Å²) in [7, 11) is 0. The average molecular weight is 218 g/mol. The number of fused-ring (bicyclic) bond motifs is 1. The standard InChI is InChI=1S/C13H14O3/c1-7(2)13-12(15)10-6-9(8(3)14)4-5-11(10)16-13/h4-6,12-13,15H,1H2,2-3H3. The van der Waals surface area contributed by atoms with Crippen LogP contribution in [-0.4, -0.2) is 17.0 Å². The monoisotopic (exact) mass is 218 g/mol. The Bertz CT molecular complexity index is 462. The molecule has 0 bridgehead atoms. The van der Waals surface area contributed by atoms with Crippen molar-refractivity contribution in [1.82, 2.24) is 0 Å². The Morgan fingerprint density at radius 3 is 2.69 bits per heavy atom.